The summed E-state index contributed by atoms with van der Waals surface area (Å²) in [5, 5.41) is 1.53. The van der Waals surface area contributed by atoms with E-state index < -0.39 is 0 Å². The minimum atomic E-state index is 0. The van der Waals surface area contributed by atoms with Crippen LogP contribution >= 0.6 is 23.2 Å². The number of fused-ring (bicyclic) bond motifs is 3. The molecule has 0 bridgehead atoms. The van der Waals surface area contributed by atoms with Crippen molar-refractivity contribution in [1.82, 2.24) is 0 Å². The fourth-order valence-electron chi connectivity index (χ4n) is 7.65. The van der Waals surface area contributed by atoms with E-state index in [1.807, 2.05) is 36.4 Å². The van der Waals surface area contributed by atoms with Crippen LogP contribution < -0.4 is 24.8 Å². The Kier molecular flexibility index (Phi) is 19.3. The molecular formula is C55H70Cl4Zr-2. The van der Waals surface area contributed by atoms with Gasteiger partial charge in [0, 0.05) is 0 Å². The maximum Gasteiger partial charge on any atom is -1.00 e. The third-order valence-corrected chi connectivity index (χ3v) is 12.9. The fourth-order valence-corrected chi connectivity index (χ4v) is 8.79. The van der Waals surface area contributed by atoms with E-state index in [4.69, 9.17) is 23.2 Å². The van der Waals surface area contributed by atoms with Gasteiger partial charge in [0.2, 0.25) is 0 Å². The van der Waals surface area contributed by atoms with Gasteiger partial charge in [-0.25, -0.2) is 6.08 Å². The molecule has 0 spiro atoms. The van der Waals surface area contributed by atoms with Crippen LogP contribution in [0, 0.1) is 23.5 Å². The van der Waals surface area contributed by atoms with E-state index in [1.165, 1.54) is 96.8 Å². The Morgan fingerprint density at radius 3 is 1.53 bits per heavy atom. The second-order valence-corrected chi connectivity index (χ2v) is 23.6. The predicted octanol–water partition coefficient (Wildman–Crippen LogP) is 10.5. The second-order valence-electron chi connectivity index (χ2n) is 21.5. The zero-order chi connectivity index (χ0) is 43.6. The Labute approximate surface area is 404 Å². The van der Waals surface area contributed by atoms with Gasteiger partial charge in [-0.1, -0.05) is 164 Å². The maximum atomic E-state index is 5.98. The van der Waals surface area contributed by atoms with Crippen LogP contribution in [0.3, 0.4) is 0 Å². The Morgan fingerprint density at radius 1 is 0.633 bits per heavy atom. The summed E-state index contributed by atoms with van der Waals surface area (Å²) < 4.78 is 1.26. The van der Waals surface area contributed by atoms with Crippen LogP contribution in [0.25, 0.3) is 11.1 Å². The normalized spacial score (nSPS) is 14.7. The monoisotopic (exact) mass is 960 g/mol. The average Bonchev–Trinajstić information content (AvgIpc) is 3.73. The van der Waals surface area contributed by atoms with Crippen LogP contribution in [-0.4, -0.2) is 3.21 Å². The number of benzene rings is 4. The Morgan fingerprint density at radius 2 is 1.12 bits per heavy atom. The molecule has 0 N–H and O–H groups in total. The van der Waals surface area contributed by atoms with E-state index in [1.54, 1.807) is 0 Å². The molecule has 0 heterocycles. The molecule has 1 atom stereocenters. The molecule has 0 radical (unpaired) electrons. The van der Waals surface area contributed by atoms with Gasteiger partial charge >= 0.3 is 120 Å². The summed E-state index contributed by atoms with van der Waals surface area (Å²) in [7, 11) is 0. The molecule has 0 amide bonds. The topological polar surface area (TPSA) is 0 Å². The number of hydrogen-bond donors (Lipinski definition) is 0. The summed E-state index contributed by atoms with van der Waals surface area (Å²) in [6.45, 7) is 37.0. The number of hydrogen-bond acceptors (Lipinski definition) is 0. The molecule has 1 unspecified atom stereocenters. The molecule has 0 saturated heterocycles. The standard InChI is InChI=1S/C29H41.C13H8Cl2.C13H21.2ClH.Zr/c1-26(2,3)22-14-18-13-19-15-23(27(4,5)6)25(29(10,11)12)17-21(19)20(18)16-24(22)28(7,8)9;14-12-5-1-3-10(8-12)7-11-4-2-6-13(15)9-11;1-5-6-7-11-8-9-12(10-11)13(2,3)4;;;/h14,16-17H,13H2,1-12H3;1-6,8-9H;9-11H,5-7H2,1-4H3;2*1H;/q-1;;-1;;;+2/p-2. The number of halogens is 4. The van der Waals surface area contributed by atoms with E-state index in [-0.39, 0.29) is 46.5 Å². The molecule has 324 valence electrons. The number of rotatable bonds is 5. The Balaban J connectivity index is 0.000000338. The first-order chi connectivity index (χ1) is 26.6. The summed E-state index contributed by atoms with van der Waals surface area (Å²) in [4.78, 5) is 0. The van der Waals surface area contributed by atoms with Crippen molar-refractivity contribution in [3.8, 4) is 11.1 Å². The molecule has 60 heavy (non-hydrogen) atoms. The summed E-state index contributed by atoms with van der Waals surface area (Å²) >= 11 is 13.3. The van der Waals surface area contributed by atoms with Crippen molar-refractivity contribution in [3.05, 3.63) is 151 Å². The van der Waals surface area contributed by atoms with E-state index in [0.717, 1.165) is 27.6 Å². The summed E-state index contributed by atoms with van der Waals surface area (Å²) in [6, 6.07) is 27.2. The molecule has 0 fully saturated rings. The largest absolute Gasteiger partial charge is 1.00 e. The molecule has 0 saturated carbocycles. The van der Waals surface area contributed by atoms with Gasteiger partial charge in [-0.15, -0.1) is 16.7 Å². The van der Waals surface area contributed by atoms with Crippen molar-refractivity contribution >= 4 is 26.4 Å². The van der Waals surface area contributed by atoms with Gasteiger partial charge in [0.25, 0.3) is 0 Å². The van der Waals surface area contributed by atoms with Crippen LogP contribution in [0.2, 0.25) is 10.0 Å². The van der Waals surface area contributed by atoms with Gasteiger partial charge in [0.15, 0.2) is 0 Å². The van der Waals surface area contributed by atoms with Gasteiger partial charge < -0.3 is 24.8 Å². The van der Waals surface area contributed by atoms with Crippen LogP contribution in [0.5, 0.6) is 0 Å². The van der Waals surface area contributed by atoms with Crippen molar-refractivity contribution in [3.63, 3.8) is 0 Å². The van der Waals surface area contributed by atoms with Crippen LogP contribution in [0.4, 0.5) is 0 Å². The van der Waals surface area contributed by atoms with Gasteiger partial charge in [-0.2, -0.15) is 29.3 Å². The zero-order valence-electron chi connectivity index (χ0n) is 39.4. The maximum absolute atomic E-state index is 5.98. The van der Waals surface area contributed by atoms with E-state index in [2.05, 4.69) is 165 Å². The first-order valence-electron chi connectivity index (χ1n) is 21.3. The SMILES string of the molecule is CC(C)(C)c1[c-]c2c(cc1C(C)(C)C)-c1cc(C(C)(C)C)c(C(C)(C)C)cc1C2.CCCCC1[C-]=CC(C(C)(C)C)=C1.Clc1cccc([C](=[Zr+2])c2cccc(Cl)c2)c1.[Cl-].[Cl-]. The molecule has 2 aliphatic carbocycles. The van der Waals surface area contributed by atoms with Crippen molar-refractivity contribution in [2.24, 2.45) is 11.3 Å². The molecule has 4 aromatic rings. The van der Waals surface area contributed by atoms with Gasteiger partial charge in [0.05, 0.1) is 0 Å². The fraction of sp³-hybridized carbons (Fsp3) is 0.473. The van der Waals surface area contributed by atoms with Gasteiger partial charge in [-0.3, -0.25) is 6.08 Å². The molecule has 0 nitrogen and oxygen atoms in total. The predicted molar refractivity (Wildman–Crippen MR) is 253 cm³/mol. The summed E-state index contributed by atoms with van der Waals surface area (Å²) in [5.41, 5.74) is 16.0. The van der Waals surface area contributed by atoms with E-state index in [9.17, 15) is 0 Å². The van der Waals surface area contributed by atoms with Gasteiger partial charge in [0.1, 0.15) is 0 Å². The number of allylic oxidation sites excluding steroid dienone is 4. The van der Waals surface area contributed by atoms with Crippen LogP contribution in [0.15, 0.2) is 84.5 Å². The van der Waals surface area contributed by atoms with Gasteiger partial charge in [-0.05, 0) is 39.4 Å². The third kappa shape index (κ3) is 14.4. The molecule has 6 rings (SSSR count). The minimum Gasteiger partial charge on any atom is -1.00 e. The van der Waals surface area contributed by atoms with Crippen molar-refractivity contribution < 1.29 is 49.0 Å². The Bertz CT molecular complexity index is 2020. The first kappa shape index (κ1) is 54.4. The summed E-state index contributed by atoms with van der Waals surface area (Å²) in [6.07, 6.45) is 12.9. The average molecular weight is 964 g/mol. The second kappa shape index (κ2) is 21.3. The third-order valence-electron chi connectivity index (χ3n) is 11.0. The number of unbranched alkanes of at least 4 members (excludes halogenated alkanes) is 1. The van der Waals surface area contributed by atoms with E-state index >= 15 is 0 Å². The first-order valence-corrected chi connectivity index (χ1v) is 23.3. The minimum absolute atomic E-state index is 0. The van der Waals surface area contributed by atoms with E-state index in [0.29, 0.717) is 11.3 Å². The quantitative estimate of drug-likeness (QED) is 0.154. The molecule has 2 aliphatic rings. The van der Waals surface area contributed by atoms with Crippen LogP contribution in [0.1, 0.15) is 175 Å². The van der Waals surface area contributed by atoms with Crippen molar-refractivity contribution in [1.29, 1.82) is 0 Å². The molecule has 5 heteroatoms. The Hall–Kier alpha value is -1.73. The molecule has 4 aromatic carbocycles. The van der Waals surface area contributed by atoms with Crippen LogP contribution in [-0.2, 0) is 52.3 Å². The molecule has 0 aliphatic heterocycles. The zero-order valence-corrected chi connectivity index (χ0v) is 44.9. The molecular weight excluding hydrogens is 894 g/mol. The van der Waals surface area contributed by atoms with Crippen molar-refractivity contribution in [2.75, 3.05) is 0 Å². The van der Waals surface area contributed by atoms with Crippen molar-refractivity contribution in [2.45, 2.75) is 158 Å². The summed E-state index contributed by atoms with van der Waals surface area (Å²) in [5.74, 6) is 0.592. The molecule has 0 aromatic heterocycles. The smallest absolute Gasteiger partial charge is 1.00 e.